The van der Waals surface area contributed by atoms with Crippen molar-refractivity contribution in [3.63, 3.8) is 0 Å². The standard InChI is InChI=1S/C20H20O6/c1-4-25-20(22)15-6-5-7-16(13-15)26-19(21)11-9-14-8-10-17(23-2)18(12-14)24-3/h5-13H,4H2,1-3H3/b11-9+. The summed E-state index contributed by atoms with van der Waals surface area (Å²) >= 11 is 0. The first kappa shape index (κ1) is 19.1. The Kier molecular flexibility index (Phi) is 6.79. The molecule has 0 aliphatic rings. The summed E-state index contributed by atoms with van der Waals surface area (Å²) in [6.07, 6.45) is 2.89. The van der Waals surface area contributed by atoms with Crippen molar-refractivity contribution in [1.82, 2.24) is 0 Å². The van der Waals surface area contributed by atoms with Gasteiger partial charge >= 0.3 is 11.9 Å². The highest BCUT2D eigenvalue weighted by molar-refractivity contribution is 5.91. The first-order valence-corrected chi connectivity index (χ1v) is 7.96. The third-order valence-corrected chi connectivity index (χ3v) is 3.38. The summed E-state index contributed by atoms with van der Waals surface area (Å²) in [6, 6.07) is 11.5. The van der Waals surface area contributed by atoms with Crippen LogP contribution in [0.1, 0.15) is 22.8 Å². The second-order valence-corrected chi connectivity index (χ2v) is 5.12. The summed E-state index contributed by atoms with van der Waals surface area (Å²) in [5.41, 5.74) is 1.07. The summed E-state index contributed by atoms with van der Waals surface area (Å²) in [5.74, 6) is 0.387. The zero-order valence-electron chi connectivity index (χ0n) is 14.9. The number of rotatable bonds is 7. The molecule has 0 unspecified atom stereocenters. The van der Waals surface area contributed by atoms with Crippen LogP contribution in [0.2, 0.25) is 0 Å². The van der Waals surface area contributed by atoms with Crippen molar-refractivity contribution in [3.05, 3.63) is 59.7 Å². The lowest BCUT2D eigenvalue weighted by Crippen LogP contribution is -2.07. The molecular weight excluding hydrogens is 336 g/mol. The Morgan fingerprint density at radius 1 is 1.00 bits per heavy atom. The van der Waals surface area contributed by atoms with Gasteiger partial charge in [0.2, 0.25) is 0 Å². The monoisotopic (exact) mass is 356 g/mol. The van der Waals surface area contributed by atoms with E-state index in [0.29, 0.717) is 17.1 Å². The van der Waals surface area contributed by atoms with E-state index in [1.165, 1.54) is 19.3 Å². The summed E-state index contributed by atoms with van der Waals surface area (Å²) in [7, 11) is 3.09. The molecule has 6 nitrogen and oxygen atoms in total. The van der Waals surface area contributed by atoms with Gasteiger partial charge in [0.1, 0.15) is 5.75 Å². The van der Waals surface area contributed by atoms with Gasteiger partial charge in [0.25, 0.3) is 0 Å². The van der Waals surface area contributed by atoms with Crippen LogP contribution >= 0.6 is 0 Å². The van der Waals surface area contributed by atoms with E-state index in [-0.39, 0.29) is 12.4 Å². The van der Waals surface area contributed by atoms with Crippen LogP contribution in [0.15, 0.2) is 48.5 Å². The van der Waals surface area contributed by atoms with E-state index in [4.69, 9.17) is 18.9 Å². The Bertz CT molecular complexity index is 810. The first-order valence-electron chi connectivity index (χ1n) is 7.96. The molecule has 136 valence electrons. The molecule has 0 aliphatic carbocycles. The summed E-state index contributed by atoms with van der Waals surface area (Å²) in [5, 5.41) is 0. The predicted molar refractivity (Wildman–Crippen MR) is 96.6 cm³/mol. The van der Waals surface area contributed by atoms with Crippen LogP contribution in [-0.2, 0) is 9.53 Å². The van der Waals surface area contributed by atoms with Crippen LogP contribution < -0.4 is 14.2 Å². The van der Waals surface area contributed by atoms with Crippen molar-refractivity contribution in [2.75, 3.05) is 20.8 Å². The highest BCUT2D eigenvalue weighted by atomic mass is 16.5. The van der Waals surface area contributed by atoms with Crippen LogP contribution in [0.5, 0.6) is 17.2 Å². The maximum atomic E-state index is 12.0. The van der Waals surface area contributed by atoms with Crippen LogP contribution in [0.3, 0.4) is 0 Å². The molecule has 0 aromatic heterocycles. The van der Waals surface area contributed by atoms with E-state index in [9.17, 15) is 9.59 Å². The van der Waals surface area contributed by atoms with Crippen molar-refractivity contribution in [2.24, 2.45) is 0 Å². The molecule has 0 spiro atoms. The number of hydrogen-bond acceptors (Lipinski definition) is 6. The molecule has 0 saturated carbocycles. The molecule has 26 heavy (non-hydrogen) atoms. The fraction of sp³-hybridized carbons (Fsp3) is 0.200. The minimum Gasteiger partial charge on any atom is -0.493 e. The third kappa shape index (κ3) is 5.11. The number of carbonyl (C=O) groups excluding carboxylic acids is 2. The molecule has 2 aromatic rings. The van der Waals surface area contributed by atoms with Crippen LogP contribution in [0.4, 0.5) is 0 Å². The Hall–Kier alpha value is -3.28. The molecular formula is C20H20O6. The second-order valence-electron chi connectivity index (χ2n) is 5.12. The van der Waals surface area contributed by atoms with Gasteiger partial charge in [0.05, 0.1) is 26.4 Å². The zero-order chi connectivity index (χ0) is 18.9. The van der Waals surface area contributed by atoms with E-state index >= 15 is 0 Å². The second kappa shape index (κ2) is 9.27. The molecule has 0 atom stereocenters. The number of methoxy groups -OCH3 is 2. The van der Waals surface area contributed by atoms with Crippen LogP contribution in [-0.4, -0.2) is 32.8 Å². The van der Waals surface area contributed by atoms with E-state index in [0.717, 1.165) is 5.56 Å². The maximum Gasteiger partial charge on any atom is 0.338 e. The highest BCUT2D eigenvalue weighted by Gasteiger charge is 2.09. The first-order chi connectivity index (χ1) is 12.6. The zero-order valence-corrected chi connectivity index (χ0v) is 14.9. The molecule has 0 N–H and O–H groups in total. The van der Waals surface area contributed by atoms with Gasteiger partial charge in [0, 0.05) is 6.08 Å². The van der Waals surface area contributed by atoms with Crippen LogP contribution in [0, 0.1) is 0 Å². The van der Waals surface area contributed by atoms with E-state index < -0.39 is 11.9 Å². The number of ether oxygens (including phenoxy) is 4. The third-order valence-electron chi connectivity index (χ3n) is 3.38. The molecule has 0 saturated heterocycles. The number of carbonyl (C=O) groups is 2. The summed E-state index contributed by atoms with van der Waals surface area (Å²) in [6.45, 7) is 2.00. The fourth-order valence-corrected chi connectivity index (χ4v) is 2.17. The predicted octanol–water partition coefficient (Wildman–Crippen LogP) is 3.50. The van der Waals surface area contributed by atoms with Gasteiger partial charge in [0.15, 0.2) is 11.5 Å². The lowest BCUT2D eigenvalue weighted by molar-refractivity contribution is -0.128. The van der Waals surface area contributed by atoms with Crippen molar-refractivity contribution in [2.45, 2.75) is 6.92 Å². The van der Waals surface area contributed by atoms with Gasteiger partial charge < -0.3 is 18.9 Å². The van der Waals surface area contributed by atoms with E-state index in [1.807, 2.05) is 0 Å². The molecule has 0 aliphatic heterocycles. The van der Waals surface area contributed by atoms with E-state index in [2.05, 4.69) is 0 Å². The van der Waals surface area contributed by atoms with Gasteiger partial charge in [-0.2, -0.15) is 0 Å². The summed E-state index contributed by atoms with van der Waals surface area (Å²) < 4.78 is 20.5. The lowest BCUT2D eigenvalue weighted by atomic mass is 10.2. The van der Waals surface area contributed by atoms with Crippen molar-refractivity contribution in [3.8, 4) is 17.2 Å². The Balaban J connectivity index is 2.05. The normalized spacial score (nSPS) is 10.4. The average Bonchev–Trinajstić information content (AvgIpc) is 2.66. The molecule has 0 amide bonds. The number of esters is 2. The SMILES string of the molecule is CCOC(=O)c1cccc(OC(=O)/C=C/c2ccc(OC)c(OC)c2)c1. The Morgan fingerprint density at radius 3 is 2.46 bits per heavy atom. The fourth-order valence-electron chi connectivity index (χ4n) is 2.17. The van der Waals surface area contributed by atoms with Gasteiger partial charge in [-0.15, -0.1) is 0 Å². The quantitative estimate of drug-likeness (QED) is 0.430. The van der Waals surface area contributed by atoms with Gasteiger partial charge in [-0.25, -0.2) is 9.59 Å². The minimum atomic E-state index is -0.569. The molecule has 0 bridgehead atoms. The largest absolute Gasteiger partial charge is 0.493 e. The van der Waals surface area contributed by atoms with Crippen molar-refractivity contribution < 1.29 is 28.5 Å². The average molecular weight is 356 g/mol. The maximum absolute atomic E-state index is 12.0. The van der Waals surface area contributed by atoms with Crippen molar-refractivity contribution in [1.29, 1.82) is 0 Å². The molecule has 2 rings (SSSR count). The lowest BCUT2D eigenvalue weighted by Gasteiger charge is -2.07. The summed E-state index contributed by atoms with van der Waals surface area (Å²) in [4.78, 5) is 23.7. The Morgan fingerprint density at radius 2 is 1.77 bits per heavy atom. The van der Waals surface area contributed by atoms with Gasteiger partial charge in [-0.05, 0) is 48.9 Å². The molecule has 0 heterocycles. The molecule has 6 heteroatoms. The van der Waals surface area contributed by atoms with E-state index in [1.54, 1.807) is 56.5 Å². The van der Waals surface area contributed by atoms with Crippen LogP contribution in [0.25, 0.3) is 6.08 Å². The van der Waals surface area contributed by atoms with Gasteiger partial charge in [-0.3, -0.25) is 0 Å². The smallest absolute Gasteiger partial charge is 0.338 e. The molecule has 0 fully saturated rings. The van der Waals surface area contributed by atoms with Crippen molar-refractivity contribution >= 4 is 18.0 Å². The minimum absolute atomic E-state index is 0.262. The molecule has 0 radical (unpaired) electrons. The number of benzene rings is 2. The number of hydrogen-bond donors (Lipinski definition) is 0. The topological polar surface area (TPSA) is 71.1 Å². The highest BCUT2D eigenvalue weighted by Crippen LogP contribution is 2.28. The Labute approximate surface area is 151 Å². The molecule has 2 aromatic carbocycles. The van der Waals surface area contributed by atoms with Gasteiger partial charge in [-0.1, -0.05) is 12.1 Å².